The Balaban J connectivity index is 1.20. The molecule has 1 atom stereocenters. The molecule has 47 heavy (non-hydrogen) atoms. The van der Waals surface area contributed by atoms with Gasteiger partial charge in [0.25, 0.3) is 5.56 Å². The SMILES string of the molecule is CCOc1cc(C=c2sc3n(c2=O)C(c2ccccc2Cl)C2=C(N=3)c3ccccc3CC2)ccc1OCc1cccc2ccccc12. The molecule has 5 aromatic carbocycles. The van der Waals surface area contributed by atoms with Gasteiger partial charge in [0.05, 0.1) is 22.9 Å². The van der Waals surface area contributed by atoms with Crippen molar-refractivity contribution in [1.29, 1.82) is 0 Å². The summed E-state index contributed by atoms with van der Waals surface area (Å²) in [5, 5.41) is 2.98. The first-order valence-corrected chi connectivity index (χ1v) is 17.0. The number of aromatic nitrogens is 1. The monoisotopic (exact) mass is 654 g/mol. The van der Waals surface area contributed by atoms with Crippen LogP contribution in [0.2, 0.25) is 5.02 Å². The van der Waals surface area contributed by atoms with Gasteiger partial charge in [-0.25, -0.2) is 4.99 Å². The second-order valence-corrected chi connectivity index (χ2v) is 13.1. The maximum Gasteiger partial charge on any atom is 0.271 e. The first-order chi connectivity index (χ1) is 23.1. The van der Waals surface area contributed by atoms with Crippen LogP contribution in [-0.2, 0) is 13.0 Å². The standard InChI is InChI=1S/C40H31ClN2O3S/c1-2-45-35-22-25(18-21-34(35)46-24-28-13-9-12-26-10-3-5-14-29(26)28)23-36-39(44)43-38(31-16-7-8-17-33(31)41)32-20-19-27-11-4-6-15-30(27)37(32)42-40(43)47-36/h3-18,21-23,38H,2,19-20,24H2,1H3. The average Bonchev–Trinajstić information content (AvgIpc) is 3.41. The van der Waals surface area contributed by atoms with E-state index in [0.29, 0.717) is 39.1 Å². The Bertz CT molecular complexity index is 2380. The summed E-state index contributed by atoms with van der Waals surface area (Å²) in [6.45, 7) is 2.85. The number of hydrogen-bond donors (Lipinski definition) is 0. The Labute approximate surface area is 281 Å². The van der Waals surface area contributed by atoms with Gasteiger partial charge in [-0.3, -0.25) is 9.36 Å². The molecule has 2 aliphatic rings. The number of fused-ring (bicyclic) bond motifs is 4. The second-order valence-electron chi connectivity index (χ2n) is 11.7. The van der Waals surface area contributed by atoms with Crippen LogP contribution in [0.4, 0.5) is 0 Å². The fourth-order valence-electron chi connectivity index (χ4n) is 6.72. The van der Waals surface area contributed by atoms with Crippen molar-refractivity contribution in [2.75, 3.05) is 6.61 Å². The molecule has 0 amide bonds. The van der Waals surface area contributed by atoms with Crippen LogP contribution >= 0.6 is 22.9 Å². The highest BCUT2D eigenvalue weighted by molar-refractivity contribution is 7.07. The van der Waals surface area contributed by atoms with Crippen molar-refractivity contribution in [1.82, 2.24) is 4.57 Å². The van der Waals surface area contributed by atoms with Gasteiger partial charge in [-0.05, 0) is 82.6 Å². The Kier molecular flexibility index (Phi) is 7.76. The summed E-state index contributed by atoms with van der Waals surface area (Å²) >= 11 is 8.20. The largest absolute Gasteiger partial charge is 0.490 e. The number of thiazole rings is 1. The van der Waals surface area contributed by atoms with Crippen LogP contribution in [0, 0.1) is 0 Å². The Morgan fingerprint density at radius 2 is 1.70 bits per heavy atom. The first kappa shape index (κ1) is 29.5. The van der Waals surface area contributed by atoms with Crippen LogP contribution in [0.1, 0.15) is 47.2 Å². The van der Waals surface area contributed by atoms with Gasteiger partial charge >= 0.3 is 0 Å². The Hall–Kier alpha value is -4.91. The zero-order valence-corrected chi connectivity index (χ0v) is 27.4. The Morgan fingerprint density at radius 3 is 2.60 bits per heavy atom. The average molecular weight is 655 g/mol. The normalized spacial score (nSPS) is 15.5. The van der Waals surface area contributed by atoms with Crippen molar-refractivity contribution in [2.45, 2.75) is 32.4 Å². The van der Waals surface area contributed by atoms with Gasteiger partial charge in [0.2, 0.25) is 0 Å². The lowest BCUT2D eigenvalue weighted by atomic mass is 9.83. The van der Waals surface area contributed by atoms with E-state index in [1.807, 2.05) is 72.2 Å². The molecule has 0 spiro atoms. The Morgan fingerprint density at radius 1 is 0.894 bits per heavy atom. The summed E-state index contributed by atoms with van der Waals surface area (Å²) < 4.78 is 14.8. The van der Waals surface area contributed by atoms with E-state index in [4.69, 9.17) is 26.1 Å². The molecule has 0 radical (unpaired) electrons. The van der Waals surface area contributed by atoms with Gasteiger partial charge in [0, 0.05) is 10.6 Å². The van der Waals surface area contributed by atoms with Gasteiger partial charge in [0.15, 0.2) is 16.3 Å². The summed E-state index contributed by atoms with van der Waals surface area (Å²) in [5.41, 5.74) is 7.27. The van der Waals surface area contributed by atoms with Gasteiger partial charge in [0.1, 0.15) is 6.61 Å². The highest BCUT2D eigenvalue weighted by atomic mass is 35.5. The molecule has 8 rings (SSSR count). The molecule has 5 nitrogen and oxygen atoms in total. The topological polar surface area (TPSA) is 52.8 Å². The molecule has 0 saturated carbocycles. The molecule has 232 valence electrons. The van der Waals surface area contributed by atoms with E-state index in [2.05, 4.69) is 54.6 Å². The minimum atomic E-state index is -0.325. The predicted octanol–water partition coefficient (Wildman–Crippen LogP) is 8.10. The van der Waals surface area contributed by atoms with Crippen molar-refractivity contribution in [2.24, 2.45) is 4.99 Å². The van der Waals surface area contributed by atoms with E-state index in [9.17, 15) is 4.79 Å². The smallest absolute Gasteiger partial charge is 0.271 e. The van der Waals surface area contributed by atoms with Crippen molar-refractivity contribution in [3.8, 4) is 11.5 Å². The zero-order chi connectivity index (χ0) is 31.9. The molecule has 0 saturated heterocycles. The minimum absolute atomic E-state index is 0.0849. The lowest BCUT2D eigenvalue weighted by Gasteiger charge is -2.31. The summed E-state index contributed by atoms with van der Waals surface area (Å²) in [7, 11) is 0. The number of aryl methyl sites for hydroxylation is 1. The van der Waals surface area contributed by atoms with E-state index in [1.165, 1.54) is 27.7 Å². The molecule has 1 aliphatic carbocycles. The van der Waals surface area contributed by atoms with Crippen molar-refractivity contribution in [3.05, 3.63) is 167 Å². The van der Waals surface area contributed by atoms with E-state index >= 15 is 0 Å². The van der Waals surface area contributed by atoms with Gasteiger partial charge in [-0.1, -0.05) is 114 Å². The van der Waals surface area contributed by atoms with Gasteiger partial charge in [-0.15, -0.1) is 0 Å². The van der Waals surface area contributed by atoms with E-state index in [1.54, 1.807) is 0 Å². The van der Waals surface area contributed by atoms with E-state index in [-0.39, 0.29) is 11.6 Å². The number of nitrogens with zero attached hydrogens (tertiary/aromatic N) is 2. The van der Waals surface area contributed by atoms with Crippen LogP contribution in [0.3, 0.4) is 0 Å². The number of rotatable bonds is 7. The van der Waals surface area contributed by atoms with Crippen molar-refractivity contribution in [3.63, 3.8) is 0 Å². The van der Waals surface area contributed by atoms with Crippen LogP contribution < -0.4 is 24.4 Å². The molecule has 0 bridgehead atoms. The van der Waals surface area contributed by atoms with E-state index < -0.39 is 0 Å². The van der Waals surface area contributed by atoms with Crippen LogP contribution in [-0.4, -0.2) is 11.2 Å². The van der Waals surface area contributed by atoms with Crippen molar-refractivity contribution < 1.29 is 9.47 Å². The van der Waals surface area contributed by atoms with Gasteiger partial charge in [-0.2, -0.15) is 0 Å². The third-order valence-corrected chi connectivity index (χ3v) is 10.2. The molecular weight excluding hydrogens is 624 g/mol. The van der Waals surface area contributed by atoms with Gasteiger partial charge < -0.3 is 9.47 Å². The molecule has 0 fully saturated rings. The molecule has 1 aromatic heterocycles. The highest BCUT2D eigenvalue weighted by Crippen LogP contribution is 2.42. The number of hydrogen-bond acceptors (Lipinski definition) is 5. The summed E-state index contributed by atoms with van der Waals surface area (Å²) in [4.78, 5) is 20.0. The third kappa shape index (κ3) is 5.37. The maximum absolute atomic E-state index is 14.2. The predicted molar refractivity (Wildman–Crippen MR) is 190 cm³/mol. The molecule has 7 heteroatoms. The lowest BCUT2D eigenvalue weighted by Crippen LogP contribution is -2.38. The maximum atomic E-state index is 14.2. The number of halogens is 1. The molecule has 2 heterocycles. The van der Waals surface area contributed by atoms with E-state index in [0.717, 1.165) is 46.4 Å². The first-order valence-electron chi connectivity index (χ1n) is 15.8. The van der Waals surface area contributed by atoms with Crippen molar-refractivity contribution >= 4 is 45.5 Å². The number of benzene rings is 5. The second kappa shape index (κ2) is 12.4. The van der Waals surface area contributed by atoms with Crippen LogP contribution in [0.15, 0.2) is 125 Å². The quantitative estimate of drug-likeness (QED) is 0.175. The number of ether oxygens (including phenoxy) is 2. The fraction of sp³-hybridized carbons (Fsp3) is 0.150. The molecule has 1 aliphatic heterocycles. The third-order valence-electron chi connectivity index (χ3n) is 8.90. The molecule has 6 aromatic rings. The highest BCUT2D eigenvalue weighted by Gasteiger charge is 2.33. The zero-order valence-electron chi connectivity index (χ0n) is 25.8. The molecule has 1 unspecified atom stereocenters. The summed E-state index contributed by atoms with van der Waals surface area (Å²) in [5.74, 6) is 1.29. The number of allylic oxidation sites excluding steroid dienone is 1. The minimum Gasteiger partial charge on any atom is -0.490 e. The summed E-state index contributed by atoms with van der Waals surface area (Å²) in [6, 6.07) is 36.3. The fourth-order valence-corrected chi connectivity index (χ4v) is 7.96. The van der Waals surface area contributed by atoms with Crippen LogP contribution in [0.25, 0.3) is 22.5 Å². The molecule has 0 N–H and O–H groups in total. The molecular formula is C40H31ClN2O3S. The summed E-state index contributed by atoms with van der Waals surface area (Å²) in [6.07, 6.45) is 3.62. The lowest BCUT2D eigenvalue weighted by molar-refractivity contribution is 0.270. The van der Waals surface area contributed by atoms with Crippen LogP contribution in [0.5, 0.6) is 11.5 Å².